The van der Waals surface area contributed by atoms with Gasteiger partial charge < -0.3 is 11.1 Å². The van der Waals surface area contributed by atoms with E-state index in [2.05, 4.69) is 0 Å². The Kier molecular flexibility index (Phi) is 3.38. The van der Waals surface area contributed by atoms with Gasteiger partial charge in [-0.2, -0.15) is 8.78 Å². The first-order valence-corrected chi connectivity index (χ1v) is 2.55. The largest absolute Gasteiger partial charge is 0.403 e. The summed E-state index contributed by atoms with van der Waals surface area (Å²) in [4.78, 5) is 10.4. The smallest absolute Gasteiger partial charge is 0.313 e. The molecule has 0 atom stereocenters. The zero-order valence-electron chi connectivity index (χ0n) is 5.40. The van der Waals surface area contributed by atoms with Crippen molar-refractivity contribution in [3.05, 3.63) is 11.9 Å². The van der Waals surface area contributed by atoms with Gasteiger partial charge in [0.05, 0.1) is 5.70 Å². The number of carbonyl (C=O) groups is 1. The molecule has 10 heavy (non-hydrogen) atoms. The summed E-state index contributed by atoms with van der Waals surface area (Å²) in [5.74, 6) is -0.511. The van der Waals surface area contributed by atoms with Crippen LogP contribution in [0.15, 0.2) is 11.9 Å². The van der Waals surface area contributed by atoms with Gasteiger partial charge in [0.2, 0.25) is 0 Å². The SMILES string of the molecule is CC(=O)/C(=C/N)NC(F)F. The Labute approximate surface area is 56.9 Å². The van der Waals surface area contributed by atoms with E-state index in [1.54, 1.807) is 5.32 Å². The first-order valence-electron chi connectivity index (χ1n) is 2.55. The molecule has 0 fully saturated rings. The van der Waals surface area contributed by atoms with Crippen molar-refractivity contribution in [3.63, 3.8) is 0 Å². The van der Waals surface area contributed by atoms with Crippen molar-refractivity contribution < 1.29 is 13.6 Å². The third kappa shape index (κ3) is 3.01. The lowest BCUT2D eigenvalue weighted by Gasteiger charge is -2.03. The minimum atomic E-state index is -2.75. The first kappa shape index (κ1) is 8.87. The van der Waals surface area contributed by atoms with Gasteiger partial charge >= 0.3 is 6.55 Å². The van der Waals surface area contributed by atoms with Gasteiger partial charge in [-0.25, -0.2) is 0 Å². The Bertz CT molecular complexity index is 156. The highest BCUT2D eigenvalue weighted by molar-refractivity contribution is 5.92. The lowest BCUT2D eigenvalue weighted by molar-refractivity contribution is -0.114. The molecule has 0 unspecified atom stereocenters. The fourth-order valence-electron chi connectivity index (χ4n) is 0.385. The van der Waals surface area contributed by atoms with Gasteiger partial charge in [0.15, 0.2) is 5.78 Å². The number of rotatable bonds is 3. The average molecular weight is 150 g/mol. The predicted molar refractivity (Wildman–Crippen MR) is 32.1 cm³/mol. The third-order valence-electron chi connectivity index (χ3n) is 0.811. The number of hydrogen-bond acceptors (Lipinski definition) is 3. The molecule has 0 radical (unpaired) electrons. The third-order valence-corrected chi connectivity index (χ3v) is 0.811. The molecule has 3 N–H and O–H groups in total. The fourth-order valence-corrected chi connectivity index (χ4v) is 0.385. The molecule has 0 aliphatic heterocycles. The highest BCUT2D eigenvalue weighted by Crippen LogP contribution is 1.93. The average Bonchev–Trinajstić information content (AvgIpc) is 1.81. The molecule has 0 aromatic heterocycles. The molecule has 0 heterocycles. The summed E-state index contributed by atoms with van der Waals surface area (Å²) in [6, 6.07) is 0. The second-order valence-corrected chi connectivity index (χ2v) is 1.58. The number of nitrogens with two attached hydrogens (primary N) is 1. The Morgan fingerprint density at radius 2 is 2.20 bits per heavy atom. The minimum Gasteiger partial charge on any atom is -0.403 e. The van der Waals surface area contributed by atoms with Crippen LogP contribution in [0, 0.1) is 0 Å². The quantitative estimate of drug-likeness (QED) is 0.446. The van der Waals surface area contributed by atoms with Gasteiger partial charge in [-0.15, -0.1) is 0 Å². The second kappa shape index (κ2) is 3.81. The summed E-state index contributed by atoms with van der Waals surface area (Å²) < 4.78 is 22.9. The number of allylic oxidation sites excluding steroid dienone is 1. The molecule has 0 aliphatic rings. The normalized spacial score (nSPS) is 11.8. The number of hydrogen-bond donors (Lipinski definition) is 2. The summed E-state index contributed by atoms with van der Waals surface area (Å²) >= 11 is 0. The van der Waals surface area contributed by atoms with Crippen molar-refractivity contribution in [2.45, 2.75) is 13.5 Å². The van der Waals surface area contributed by atoms with E-state index in [9.17, 15) is 13.6 Å². The van der Waals surface area contributed by atoms with E-state index in [1.165, 1.54) is 0 Å². The van der Waals surface area contributed by atoms with Gasteiger partial charge in [0.25, 0.3) is 0 Å². The fraction of sp³-hybridized carbons (Fsp3) is 0.400. The topological polar surface area (TPSA) is 55.1 Å². The Morgan fingerprint density at radius 1 is 1.70 bits per heavy atom. The summed E-state index contributed by atoms with van der Waals surface area (Å²) in [6.45, 7) is -1.60. The maximum absolute atomic E-state index is 11.5. The molecule has 0 aliphatic carbocycles. The molecule has 0 saturated carbocycles. The molecule has 0 amide bonds. The number of carbonyl (C=O) groups excluding carboxylic acids is 1. The van der Waals surface area contributed by atoms with Crippen molar-refractivity contribution >= 4 is 5.78 Å². The Morgan fingerprint density at radius 3 is 2.30 bits per heavy atom. The molecule has 0 spiro atoms. The van der Waals surface area contributed by atoms with Gasteiger partial charge in [-0.3, -0.25) is 4.79 Å². The molecule has 5 heteroatoms. The molecule has 0 rings (SSSR count). The monoisotopic (exact) mass is 150 g/mol. The van der Waals surface area contributed by atoms with Crippen LogP contribution < -0.4 is 11.1 Å². The van der Waals surface area contributed by atoms with Crippen molar-refractivity contribution in [2.24, 2.45) is 5.73 Å². The van der Waals surface area contributed by atoms with Crippen molar-refractivity contribution in [1.29, 1.82) is 0 Å². The van der Waals surface area contributed by atoms with Crippen molar-refractivity contribution in [2.75, 3.05) is 0 Å². The Balaban J connectivity index is 3.99. The number of alkyl halides is 2. The van der Waals surface area contributed by atoms with E-state index in [-0.39, 0.29) is 5.70 Å². The number of nitrogens with one attached hydrogen (secondary N) is 1. The molecule has 0 saturated heterocycles. The van der Waals surface area contributed by atoms with Crippen LogP contribution in [0.1, 0.15) is 6.92 Å². The zero-order chi connectivity index (χ0) is 8.15. The lowest BCUT2D eigenvalue weighted by Crippen LogP contribution is -2.24. The number of halogens is 2. The van der Waals surface area contributed by atoms with E-state index in [4.69, 9.17) is 5.73 Å². The van der Waals surface area contributed by atoms with Crippen LogP contribution in [-0.2, 0) is 4.79 Å². The summed E-state index contributed by atoms with van der Waals surface area (Å²) in [5, 5.41) is 1.58. The van der Waals surface area contributed by atoms with Crippen molar-refractivity contribution in [3.8, 4) is 0 Å². The van der Waals surface area contributed by atoms with E-state index in [0.717, 1.165) is 13.1 Å². The van der Waals surface area contributed by atoms with Crippen LogP contribution >= 0.6 is 0 Å². The minimum absolute atomic E-state index is 0.269. The molecule has 3 nitrogen and oxygen atoms in total. The number of Topliss-reactive ketones (excluding diaryl/α,β-unsaturated/α-hetero) is 1. The Hall–Kier alpha value is -1.13. The molecule has 0 aromatic carbocycles. The maximum atomic E-state index is 11.5. The van der Waals surface area contributed by atoms with E-state index in [0.29, 0.717) is 0 Å². The molecule has 0 bridgehead atoms. The summed E-state index contributed by atoms with van der Waals surface area (Å²) in [7, 11) is 0. The highest BCUT2D eigenvalue weighted by Gasteiger charge is 2.07. The first-order chi connectivity index (χ1) is 4.57. The van der Waals surface area contributed by atoms with Crippen LogP contribution in [-0.4, -0.2) is 12.3 Å². The van der Waals surface area contributed by atoms with E-state index >= 15 is 0 Å². The number of ketones is 1. The van der Waals surface area contributed by atoms with Crippen LogP contribution in [0.25, 0.3) is 0 Å². The lowest BCUT2D eigenvalue weighted by atomic mass is 10.3. The van der Waals surface area contributed by atoms with Crippen LogP contribution in [0.3, 0.4) is 0 Å². The highest BCUT2D eigenvalue weighted by atomic mass is 19.3. The van der Waals surface area contributed by atoms with E-state index in [1.807, 2.05) is 0 Å². The van der Waals surface area contributed by atoms with Gasteiger partial charge in [-0.1, -0.05) is 0 Å². The second-order valence-electron chi connectivity index (χ2n) is 1.58. The summed E-state index contributed by atoms with van der Waals surface area (Å²) in [6.07, 6.45) is 0.814. The van der Waals surface area contributed by atoms with Crippen LogP contribution in [0.2, 0.25) is 0 Å². The molecule has 0 aromatic rings. The summed E-state index contributed by atoms with van der Waals surface area (Å²) in [5.41, 5.74) is 4.57. The standard InChI is InChI=1S/C5H8F2N2O/c1-3(10)4(2-8)9-5(6)7/h2,5,9H,8H2,1H3/b4-2-. The van der Waals surface area contributed by atoms with Crippen LogP contribution in [0.5, 0.6) is 0 Å². The molecular formula is C5H8F2N2O. The zero-order valence-corrected chi connectivity index (χ0v) is 5.40. The van der Waals surface area contributed by atoms with E-state index < -0.39 is 12.3 Å². The van der Waals surface area contributed by atoms with Gasteiger partial charge in [-0.05, 0) is 0 Å². The van der Waals surface area contributed by atoms with Gasteiger partial charge in [0.1, 0.15) is 0 Å². The van der Waals surface area contributed by atoms with Crippen LogP contribution in [0.4, 0.5) is 8.78 Å². The van der Waals surface area contributed by atoms with Gasteiger partial charge in [0, 0.05) is 13.1 Å². The van der Waals surface area contributed by atoms with Crippen molar-refractivity contribution in [1.82, 2.24) is 5.32 Å². The maximum Gasteiger partial charge on any atom is 0.313 e. The predicted octanol–water partition coefficient (Wildman–Crippen LogP) is 0.188. The molecular weight excluding hydrogens is 142 g/mol. The molecule has 58 valence electrons.